The summed E-state index contributed by atoms with van der Waals surface area (Å²) < 4.78 is 5.59. The van der Waals surface area contributed by atoms with Crippen molar-refractivity contribution in [2.24, 2.45) is 0 Å². The number of aldehydes is 1. The van der Waals surface area contributed by atoms with Crippen LogP contribution in [0.1, 0.15) is 33.1 Å². The van der Waals surface area contributed by atoms with Gasteiger partial charge in [0.25, 0.3) is 0 Å². The van der Waals surface area contributed by atoms with Crippen molar-refractivity contribution in [2.75, 3.05) is 13.6 Å². The van der Waals surface area contributed by atoms with Crippen LogP contribution in [0.15, 0.2) is 11.5 Å². The molecule has 80 valence electrons. The van der Waals surface area contributed by atoms with E-state index in [9.17, 15) is 4.79 Å². The Labute approximate surface area is 85.7 Å². The highest BCUT2D eigenvalue weighted by Gasteiger charge is 2.21. The molecule has 0 aromatic carbocycles. The van der Waals surface area contributed by atoms with Crippen molar-refractivity contribution in [3.63, 3.8) is 0 Å². The minimum absolute atomic E-state index is 0.274. The van der Waals surface area contributed by atoms with Crippen LogP contribution < -0.4 is 0 Å². The Hall–Kier alpha value is -0.990. The molecular weight excluding hydrogens is 178 g/mol. The molecule has 14 heavy (non-hydrogen) atoms. The van der Waals surface area contributed by atoms with Gasteiger partial charge < -0.3 is 9.64 Å². The van der Waals surface area contributed by atoms with Crippen LogP contribution in [-0.2, 0) is 9.53 Å². The first-order chi connectivity index (χ1) is 6.69. The first-order valence-corrected chi connectivity index (χ1v) is 5.22. The van der Waals surface area contributed by atoms with Crippen LogP contribution in [0.3, 0.4) is 0 Å². The Morgan fingerprint density at radius 3 is 2.57 bits per heavy atom. The molecule has 0 atom stereocenters. The monoisotopic (exact) mass is 197 g/mol. The topological polar surface area (TPSA) is 29.5 Å². The maximum absolute atomic E-state index is 10.8. The largest absolute Gasteiger partial charge is 0.485 e. The molecule has 0 heterocycles. The second-order valence-electron chi connectivity index (χ2n) is 3.75. The molecule has 0 radical (unpaired) electrons. The molecule has 0 bridgehead atoms. The SMILES string of the molecule is CCN(C)/C(C)=C(/C=O)OC1CCC1. The summed E-state index contributed by atoms with van der Waals surface area (Å²) in [5.41, 5.74) is 0.925. The van der Waals surface area contributed by atoms with Gasteiger partial charge in [-0.25, -0.2) is 0 Å². The van der Waals surface area contributed by atoms with E-state index in [-0.39, 0.29) is 6.10 Å². The molecule has 0 N–H and O–H groups in total. The molecule has 3 nitrogen and oxygen atoms in total. The van der Waals surface area contributed by atoms with E-state index >= 15 is 0 Å². The molecule has 0 aromatic rings. The molecule has 1 fully saturated rings. The average molecular weight is 197 g/mol. The van der Waals surface area contributed by atoms with Gasteiger partial charge in [-0.1, -0.05) is 0 Å². The van der Waals surface area contributed by atoms with E-state index in [1.165, 1.54) is 6.42 Å². The molecule has 0 unspecified atom stereocenters. The maximum Gasteiger partial charge on any atom is 0.186 e. The summed E-state index contributed by atoms with van der Waals surface area (Å²) in [7, 11) is 1.96. The molecule has 3 heteroatoms. The zero-order chi connectivity index (χ0) is 10.6. The second kappa shape index (κ2) is 5.03. The highest BCUT2D eigenvalue weighted by atomic mass is 16.5. The summed E-state index contributed by atoms with van der Waals surface area (Å²) in [6.45, 7) is 4.86. The number of carbonyl (C=O) groups excluding carboxylic acids is 1. The van der Waals surface area contributed by atoms with Gasteiger partial charge in [-0.3, -0.25) is 4.79 Å². The van der Waals surface area contributed by atoms with E-state index in [2.05, 4.69) is 6.92 Å². The molecule has 0 amide bonds. The smallest absolute Gasteiger partial charge is 0.186 e. The Balaban J connectivity index is 2.60. The fourth-order valence-corrected chi connectivity index (χ4v) is 1.29. The number of allylic oxidation sites excluding steroid dienone is 2. The number of carbonyl (C=O) groups is 1. The summed E-state index contributed by atoms with van der Waals surface area (Å²) in [5.74, 6) is 0.499. The first-order valence-electron chi connectivity index (χ1n) is 5.22. The minimum Gasteiger partial charge on any atom is -0.485 e. The van der Waals surface area contributed by atoms with Crippen molar-refractivity contribution < 1.29 is 9.53 Å². The lowest BCUT2D eigenvalue weighted by molar-refractivity contribution is -0.110. The number of nitrogens with zero attached hydrogens (tertiary/aromatic N) is 1. The van der Waals surface area contributed by atoms with Crippen LogP contribution in [0.5, 0.6) is 0 Å². The third-order valence-corrected chi connectivity index (χ3v) is 2.86. The van der Waals surface area contributed by atoms with Crippen molar-refractivity contribution in [2.45, 2.75) is 39.2 Å². The lowest BCUT2D eigenvalue weighted by Gasteiger charge is -2.28. The van der Waals surface area contributed by atoms with E-state index in [1.807, 2.05) is 18.9 Å². The maximum atomic E-state index is 10.8. The fourth-order valence-electron chi connectivity index (χ4n) is 1.29. The predicted octanol–water partition coefficient (Wildman–Crippen LogP) is 1.94. The molecule has 0 aliphatic heterocycles. The molecule has 1 saturated carbocycles. The molecule has 1 aliphatic carbocycles. The Kier molecular flexibility index (Phi) is 3.98. The highest BCUT2D eigenvalue weighted by Crippen LogP contribution is 2.25. The molecular formula is C11H19NO2. The van der Waals surface area contributed by atoms with E-state index in [4.69, 9.17) is 4.74 Å². The van der Waals surface area contributed by atoms with Crippen LogP contribution >= 0.6 is 0 Å². The van der Waals surface area contributed by atoms with Crippen LogP contribution in [-0.4, -0.2) is 30.9 Å². The molecule has 1 rings (SSSR count). The van der Waals surface area contributed by atoms with Crippen molar-refractivity contribution in [1.29, 1.82) is 0 Å². The third kappa shape index (κ3) is 2.50. The zero-order valence-corrected chi connectivity index (χ0v) is 9.25. The lowest BCUT2D eigenvalue weighted by Crippen LogP contribution is -2.25. The minimum atomic E-state index is 0.274. The first kappa shape index (κ1) is 11.1. The highest BCUT2D eigenvalue weighted by molar-refractivity contribution is 5.71. The van der Waals surface area contributed by atoms with E-state index < -0.39 is 0 Å². The van der Waals surface area contributed by atoms with Crippen LogP contribution in [0.4, 0.5) is 0 Å². The van der Waals surface area contributed by atoms with Gasteiger partial charge >= 0.3 is 0 Å². The van der Waals surface area contributed by atoms with Gasteiger partial charge in [-0.05, 0) is 33.1 Å². The van der Waals surface area contributed by atoms with Gasteiger partial charge in [0.05, 0.1) is 11.8 Å². The predicted molar refractivity (Wildman–Crippen MR) is 55.8 cm³/mol. The third-order valence-electron chi connectivity index (χ3n) is 2.86. The second-order valence-corrected chi connectivity index (χ2v) is 3.75. The summed E-state index contributed by atoms with van der Waals surface area (Å²) >= 11 is 0. The number of hydrogen-bond donors (Lipinski definition) is 0. The van der Waals surface area contributed by atoms with E-state index in [0.29, 0.717) is 5.76 Å². The fraction of sp³-hybridized carbons (Fsp3) is 0.727. The van der Waals surface area contributed by atoms with Gasteiger partial charge in [-0.15, -0.1) is 0 Å². The van der Waals surface area contributed by atoms with Crippen molar-refractivity contribution >= 4 is 6.29 Å². The summed E-state index contributed by atoms with van der Waals surface area (Å²) in [5, 5.41) is 0. The van der Waals surface area contributed by atoms with Gasteiger partial charge in [0.1, 0.15) is 0 Å². The van der Waals surface area contributed by atoms with Crippen LogP contribution in [0.2, 0.25) is 0 Å². The Bertz CT molecular complexity index is 231. The number of rotatable bonds is 5. The van der Waals surface area contributed by atoms with Gasteiger partial charge in [0.2, 0.25) is 0 Å². The standard InChI is InChI=1S/C11H19NO2/c1-4-12(3)9(2)11(8-13)14-10-6-5-7-10/h8,10H,4-7H2,1-3H3/b11-9-. The summed E-state index contributed by atoms with van der Waals surface area (Å²) in [6.07, 6.45) is 4.48. The quantitative estimate of drug-likeness (QED) is 0.383. The normalized spacial score (nSPS) is 18.2. The molecule has 0 spiro atoms. The number of ether oxygens (including phenoxy) is 1. The summed E-state index contributed by atoms with van der Waals surface area (Å²) in [4.78, 5) is 12.8. The molecule has 0 aromatic heterocycles. The van der Waals surface area contributed by atoms with Crippen LogP contribution in [0.25, 0.3) is 0 Å². The molecule has 1 aliphatic rings. The molecule has 0 saturated heterocycles. The van der Waals surface area contributed by atoms with E-state index in [0.717, 1.165) is 31.4 Å². The zero-order valence-electron chi connectivity index (χ0n) is 9.25. The summed E-state index contributed by atoms with van der Waals surface area (Å²) in [6, 6.07) is 0. The van der Waals surface area contributed by atoms with Crippen molar-refractivity contribution in [3.05, 3.63) is 11.5 Å². The number of hydrogen-bond acceptors (Lipinski definition) is 3. The van der Waals surface area contributed by atoms with Gasteiger partial charge in [0, 0.05) is 13.6 Å². The van der Waals surface area contributed by atoms with Crippen LogP contribution in [0, 0.1) is 0 Å². The van der Waals surface area contributed by atoms with E-state index in [1.54, 1.807) is 0 Å². The average Bonchev–Trinajstić information content (AvgIpc) is 2.14. The lowest BCUT2D eigenvalue weighted by atomic mass is 9.96. The van der Waals surface area contributed by atoms with Gasteiger partial charge in [0.15, 0.2) is 12.0 Å². The Morgan fingerprint density at radius 1 is 1.57 bits per heavy atom. The van der Waals surface area contributed by atoms with Crippen molar-refractivity contribution in [1.82, 2.24) is 4.90 Å². The van der Waals surface area contributed by atoms with Crippen molar-refractivity contribution in [3.8, 4) is 0 Å². The van der Waals surface area contributed by atoms with Gasteiger partial charge in [-0.2, -0.15) is 0 Å². The Morgan fingerprint density at radius 2 is 2.21 bits per heavy atom.